The number of aromatic carboxylic acids is 1. The maximum Gasteiger partial charge on any atom is 0.340 e. The average molecular weight is 405 g/mol. The summed E-state index contributed by atoms with van der Waals surface area (Å²) in [5.74, 6) is -1.61. The third-order valence-corrected chi connectivity index (χ3v) is 5.08. The van der Waals surface area contributed by atoms with E-state index in [1.807, 2.05) is 24.3 Å². The summed E-state index contributed by atoms with van der Waals surface area (Å²) in [6, 6.07) is 13.7. The Hall–Kier alpha value is -3.67. The van der Waals surface area contributed by atoms with Crippen molar-refractivity contribution in [1.29, 1.82) is 0 Å². The predicted octanol–water partition coefficient (Wildman–Crippen LogP) is 4.39. The molecule has 0 atom stereocenters. The summed E-state index contributed by atoms with van der Waals surface area (Å²) in [6.45, 7) is 5.88. The molecule has 0 saturated heterocycles. The minimum Gasteiger partial charge on any atom is -0.478 e. The molecule has 6 heteroatoms. The van der Waals surface area contributed by atoms with Crippen molar-refractivity contribution < 1.29 is 24.2 Å². The molecule has 0 spiro atoms. The number of carboxylic acids is 1. The number of esters is 1. The van der Waals surface area contributed by atoms with Crippen LogP contribution in [0.4, 0.5) is 5.69 Å². The molecule has 1 N–H and O–H groups in total. The zero-order chi connectivity index (χ0) is 22.0. The number of hydrogen-bond donors (Lipinski definition) is 1. The summed E-state index contributed by atoms with van der Waals surface area (Å²) in [7, 11) is 1.27. The highest BCUT2D eigenvalue weighted by Gasteiger charge is 2.37. The smallest absolute Gasteiger partial charge is 0.340 e. The summed E-state index contributed by atoms with van der Waals surface area (Å²) >= 11 is 0. The van der Waals surface area contributed by atoms with E-state index in [9.17, 15) is 14.4 Å². The van der Waals surface area contributed by atoms with Crippen molar-refractivity contribution in [3.05, 3.63) is 82.1 Å². The van der Waals surface area contributed by atoms with Gasteiger partial charge in [-0.05, 0) is 54.3 Å². The van der Waals surface area contributed by atoms with Gasteiger partial charge in [0.2, 0.25) is 0 Å². The van der Waals surface area contributed by atoms with Gasteiger partial charge in [0.25, 0.3) is 5.91 Å². The molecular formula is C24H23NO5. The number of allylic oxidation sites excluding steroid dienone is 1. The molecule has 154 valence electrons. The first-order valence-electron chi connectivity index (χ1n) is 9.53. The second kappa shape index (κ2) is 8.37. The number of rotatable bonds is 5. The molecule has 0 aromatic heterocycles. The van der Waals surface area contributed by atoms with Crippen LogP contribution in [0.5, 0.6) is 0 Å². The van der Waals surface area contributed by atoms with Crippen LogP contribution in [0.15, 0.2) is 65.4 Å². The van der Waals surface area contributed by atoms with Gasteiger partial charge in [-0.25, -0.2) is 9.59 Å². The molecule has 0 radical (unpaired) electrons. The molecule has 0 aliphatic carbocycles. The Morgan fingerprint density at radius 3 is 2.13 bits per heavy atom. The van der Waals surface area contributed by atoms with Gasteiger partial charge < -0.3 is 9.84 Å². The summed E-state index contributed by atoms with van der Waals surface area (Å²) < 4.78 is 4.91. The lowest BCUT2D eigenvalue weighted by Crippen LogP contribution is -2.24. The summed E-state index contributed by atoms with van der Waals surface area (Å²) in [5, 5.41) is 9.05. The number of hydrogen-bond acceptors (Lipinski definition) is 4. The highest BCUT2D eigenvalue weighted by molar-refractivity contribution is 6.23. The van der Waals surface area contributed by atoms with Gasteiger partial charge in [-0.1, -0.05) is 38.1 Å². The first-order chi connectivity index (χ1) is 14.2. The molecule has 6 nitrogen and oxygen atoms in total. The largest absolute Gasteiger partial charge is 0.478 e. The van der Waals surface area contributed by atoms with Crippen molar-refractivity contribution in [2.45, 2.75) is 26.7 Å². The molecule has 1 amide bonds. The molecule has 2 aromatic carbocycles. The van der Waals surface area contributed by atoms with Gasteiger partial charge in [0.05, 0.1) is 23.8 Å². The number of carbonyl (C=O) groups is 3. The fourth-order valence-electron chi connectivity index (χ4n) is 3.39. The van der Waals surface area contributed by atoms with E-state index in [1.165, 1.54) is 24.1 Å². The lowest BCUT2D eigenvalue weighted by molar-refractivity contribution is -0.136. The monoisotopic (exact) mass is 405 g/mol. The van der Waals surface area contributed by atoms with E-state index < -0.39 is 11.9 Å². The van der Waals surface area contributed by atoms with Crippen molar-refractivity contribution >= 4 is 29.6 Å². The number of anilines is 1. The van der Waals surface area contributed by atoms with E-state index >= 15 is 0 Å². The second-order valence-electron chi connectivity index (χ2n) is 7.32. The summed E-state index contributed by atoms with van der Waals surface area (Å²) in [5.41, 5.74) is 3.43. The fourth-order valence-corrected chi connectivity index (χ4v) is 3.39. The molecule has 0 fully saturated rings. The van der Waals surface area contributed by atoms with Crippen LogP contribution in [-0.4, -0.2) is 30.1 Å². The Morgan fingerprint density at radius 2 is 1.63 bits per heavy atom. The minimum atomic E-state index is -1.03. The van der Waals surface area contributed by atoms with E-state index in [0.29, 0.717) is 22.9 Å². The molecule has 2 aromatic rings. The normalized spacial score (nSPS) is 15.3. The summed E-state index contributed by atoms with van der Waals surface area (Å²) in [4.78, 5) is 38.3. The third-order valence-electron chi connectivity index (χ3n) is 5.08. The van der Waals surface area contributed by atoms with Crippen LogP contribution in [0.2, 0.25) is 0 Å². The van der Waals surface area contributed by atoms with Gasteiger partial charge >= 0.3 is 11.9 Å². The van der Waals surface area contributed by atoms with Crippen LogP contribution in [0.1, 0.15) is 48.2 Å². The van der Waals surface area contributed by atoms with Crippen molar-refractivity contribution in [2.75, 3.05) is 12.0 Å². The molecule has 1 aliphatic rings. The Morgan fingerprint density at radius 1 is 1.03 bits per heavy atom. The third kappa shape index (κ3) is 3.89. The standard InChI is InChI=1S/C24H23NO5/c1-14(2)17-9-11-19(12-10-17)25-15(3)21(24(29)30-4)20(22(25)26)13-16-5-7-18(8-6-16)23(27)28/h5-14H,1-4H3,(H,27,28). The maximum atomic E-state index is 13.3. The Bertz CT molecular complexity index is 1060. The van der Waals surface area contributed by atoms with Gasteiger partial charge in [0, 0.05) is 11.4 Å². The van der Waals surface area contributed by atoms with Crippen molar-refractivity contribution in [3.63, 3.8) is 0 Å². The number of benzene rings is 2. The molecule has 0 bridgehead atoms. The number of carboxylic acid groups (broad SMARTS) is 1. The Labute approximate surface area is 175 Å². The minimum absolute atomic E-state index is 0.140. The lowest BCUT2D eigenvalue weighted by atomic mass is 10.0. The zero-order valence-corrected chi connectivity index (χ0v) is 17.3. The zero-order valence-electron chi connectivity index (χ0n) is 17.3. The topological polar surface area (TPSA) is 83.9 Å². The van der Waals surface area contributed by atoms with E-state index in [2.05, 4.69) is 13.8 Å². The fraction of sp³-hybridized carbons (Fsp3) is 0.208. The van der Waals surface area contributed by atoms with Crippen LogP contribution in [-0.2, 0) is 14.3 Å². The van der Waals surface area contributed by atoms with Gasteiger partial charge in [0.1, 0.15) is 0 Å². The van der Waals surface area contributed by atoms with Gasteiger partial charge in [0.15, 0.2) is 0 Å². The molecule has 0 unspecified atom stereocenters. The predicted molar refractivity (Wildman–Crippen MR) is 114 cm³/mol. The molecule has 3 rings (SSSR count). The second-order valence-corrected chi connectivity index (χ2v) is 7.32. The van der Waals surface area contributed by atoms with E-state index in [1.54, 1.807) is 25.1 Å². The highest BCUT2D eigenvalue weighted by Crippen LogP contribution is 2.36. The van der Waals surface area contributed by atoms with Crippen molar-refractivity contribution in [2.24, 2.45) is 0 Å². The highest BCUT2D eigenvalue weighted by atomic mass is 16.5. The van der Waals surface area contributed by atoms with Gasteiger partial charge in [-0.2, -0.15) is 0 Å². The van der Waals surface area contributed by atoms with Crippen LogP contribution < -0.4 is 4.90 Å². The first-order valence-corrected chi connectivity index (χ1v) is 9.53. The molecular weight excluding hydrogens is 382 g/mol. The van der Waals surface area contributed by atoms with Crippen molar-refractivity contribution in [1.82, 2.24) is 0 Å². The molecule has 30 heavy (non-hydrogen) atoms. The van der Waals surface area contributed by atoms with Gasteiger partial charge in [-0.3, -0.25) is 9.69 Å². The number of ether oxygens (including phenoxy) is 1. The SMILES string of the molecule is COC(=O)C1=C(C)N(c2ccc(C(C)C)cc2)C(=O)C1=Cc1ccc(C(=O)O)cc1. The van der Waals surface area contributed by atoms with Crippen LogP contribution in [0.25, 0.3) is 6.08 Å². The number of amides is 1. The molecule has 0 saturated carbocycles. The Balaban J connectivity index is 2.06. The van der Waals surface area contributed by atoms with E-state index in [0.717, 1.165) is 5.56 Å². The van der Waals surface area contributed by atoms with Crippen LogP contribution in [0, 0.1) is 0 Å². The lowest BCUT2D eigenvalue weighted by Gasteiger charge is -2.19. The summed E-state index contributed by atoms with van der Waals surface area (Å²) in [6.07, 6.45) is 1.58. The van der Waals surface area contributed by atoms with E-state index in [-0.39, 0.29) is 22.6 Å². The molecule has 1 heterocycles. The quantitative estimate of drug-likeness (QED) is 0.589. The van der Waals surface area contributed by atoms with E-state index in [4.69, 9.17) is 9.84 Å². The van der Waals surface area contributed by atoms with Crippen molar-refractivity contribution in [3.8, 4) is 0 Å². The van der Waals surface area contributed by atoms with Crippen LogP contribution >= 0.6 is 0 Å². The van der Waals surface area contributed by atoms with Gasteiger partial charge in [-0.15, -0.1) is 0 Å². The molecule has 1 aliphatic heterocycles. The van der Waals surface area contributed by atoms with Crippen LogP contribution in [0.3, 0.4) is 0 Å². The first kappa shape index (κ1) is 21.0. The number of nitrogens with zero attached hydrogens (tertiary/aromatic N) is 1. The number of carbonyl (C=O) groups excluding carboxylic acids is 2. The maximum absolute atomic E-state index is 13.3. The average Bonchev–Trinajstić information content (AvgIpc) is 2.97. The Kier molecular flexibility index (Phi) is 5.87. The number of methoxy groups -OCH3 is 1.